The normalized spacial score (nSPS) is 16.5. The largest absolute Gasteiger partial charge is 0.324 e. The lowest BCUT2D eigenvalue weighted by atomic mass is 9.93. The molecule has 0 bridgehead atoms. The van der Waals surface area contributed by atoms with Gasteiger partial charge in [-0.2, -0.15) is 0 Å². The Morgan fingerprint density at radius 1 is 1.14 bits per heavy atom. The average molecular weight is 321 g/mol. The lowest BCUT2D eigenvalue weighted by Crippen LogP contribution is -2.16. The molecule has 2 aromatic rings. The van der Waals surface area contributed by atoms with Crippen LogP contribution in [0.4, 0.5) is 5.69 Å². The van der Waals surface area contributed by atoms with E-state index in [1.165, 1.54) is 0 Å². The van der Waals surface area contributed by atoms with E-state index in [0.717, 1.165) is 0 Å². The molecule has 0 radical (unpaired) electrons. The van der Waals surface area contributed by atoms with E-state index in [0.29, 0.717) is 26.9 Å². The molecule has 1 aromatic heterocycles. The number of pyridine rings is 1. The first-order valence-electron chi connectivity index (χ1n) is 6.30. The number of ketones is 1. The molecule has 1 atom stereocenters. The lowest BCUT2D eigenvalue weighted by molar-refractivity contribution is -0.117. The van der Waals surface area contributed by atoms with Crippen LogP contribution in [0, 0.1) is 0 Å². The van der Waals surface area contributed by atoms with Gasteiger partial charge in [-0.15, -0.1) is 0 Å². The summed E-state index contributed by atoms with van der Waals surface area (Å²) in [7, 11) is 0. The van der Waals surface area contributed by atoms with E-state index in [1.54, 1.807) is 36.7 Å². The van der Waals surface area contributed by atoms with Crippen LogP contribution in [-0.2, 0) is 4.79 Å². The fourth-order valence-electron chi connectivity index (χ4n) is 2.41. The molecule has 0 spiro atoms. The van der Waals surface area contributed by atoms with Crippen LogP contribution in [0.1, 0.15) is 28.3 Å². The van der Waals surface area contributed by atoms with Crippen molar-refractivity contribution in [2.75, 3.05) is 5.32 Å². The topological polar surface area (TPSA) is 59.1 Å². The molecule has 1 aliphatic heterocycles. The van der Waals surface area contributed by atoms with Gasteiger partial charge in [0.05, 0.1) is 16.6 Å². The number of Topliss-reactive ketones (excluding diaryl/α,β-unsaturated/α-hetero) is 1. The molecule has 0 saturated heterocycles. The SMILES string of the molecule is O=C(CC1C(=O)Nc2c(Cl)ccc(Cl)c21)c1ccncc1. The highest BCUT2D eigenvalue weighted by molar-refractivity contribution is 6.38. The maximum Gasteiger partial charge on any atom is 0.232 e. The smallest absolute Gasteiger partial charge is 0.232 e. The van der Waals surface area contributed by atoms with Crippen LogP contribution in [0.2, 0.25) is 10.0 Å². The molecule has 1 aromatic carbocycles. The van der Waals surface area contributed by atoms with Crippen molar-refractivity contribution >= 4 is 40.6 Å². The van der Waals surface area contributed by atoms with Crippen molar-refractivity contribution in [2.24, 2.45) is 0 Å². The Kier molecular flexibility index (Phi) is 3.66. The Morgan fingerprint density at radius 2 is 1.81 bits per heavy atom. The van der Waals surface area contributed by atoms with Gasteiger partial charge in [0.25, 0.3) is 0 Å². The number of amides is 1. The number of benzene rings is 1. The van der Waals surface area contributed by atoms with Crippen LogP contribution in [0.3, 0.4) is 0 Å². The number of hydrogen-bond acceptors (Lipinski definition) is 3. The monoisotopic (exact) mass is 320 g/mol. The third kappa shape index (κ3) is 2.52. The molecule has 0 fully saturated rings. The van der Waals surface area contributed by atoms with E-state index in [-0.39, 0.29) is 18.1 Å². The van der Waals surface area contributed by atoms with Gasteiger partial charge >= 0.3 is 0 Å². The molecule has 2 heterocycles. The maximum atomic E-state index is 12.3. The number of nitrogens with zero attached hydrogens (tertiary/aromatic N) is 1. The van der Waals surface area contributed by atoms with E-state index >= 15 is 0 Å². The highest BCUT2D eigenvalue weighted by Crippen LogP contribution is 2.43. The van der Waals surface area contributed by atoms with Crippen LogP contribution in [0.15, 0.2) is 36.7 Å². The Hall–Kier alpha value is -1.91. The number of anilines is 1. The Balaban J connectivity index is 1.93. The molecule has 21 heavy (non-hydrogen) atoms. The molecule has 3 rings (SSSR count). The van der Waals surface area contributed by atoms with Gasteiger partial charge < -0.3 is 5.32 Å². The predicted molar refractivity (Wildman–Crippen MR) is 81.0 cm³/mol. The quantitative estimate of drug-likeness (QED) is 0.877. The van der Waals surface area contributed by atoms with Crippen LogP contribution in [-0.4, -0.2) is 16.7 Å². The second kappa shape index (κ2) is 5.47. The van der Waals surface area contributed by atoms with Crippen LogP contribution < -0.4 is 5.32 Å². The predicted octanol–water partition coefficient (Wildman–Crippen LogP) is 3.70. The molecular formula is C15H10Cl2N2O2. The average Bonchev–Trinajstić information content (AvgIpc) is 2.82. The second-order valence-corrected chi connectivity index (χ2v) is 5.54. The van der Waals surface area contributed by atoms with E-state index in [1.807, 2.05) is 0 Å². The molecule has 106 valence electrons. The Bertz CT molecular complexity index is 732. The lowest BCUT2D eigenvalue weighted by Gasteiger charge is -2.10. The number of rotatable bonds is 3. The minimum absolute atomic E-state index is 0.0446. The van der Waals surface area contributed by atoms with Crippen molar-refractivity contribution < 1.29 is 9.59 Å². The number of carbonyl (C=O) groups is 2. The fourth-order valence-corrected chi connectivity index (χ4v) is 2.91. The van der Waals surface area contributed by atoms with Gasteiger partial charge in [0, 0.05) is 35.0 Å². The summed E-state index contributed by atoms with van der Waals surface area (Å²) in [5.41, 5.74) is 1.61. The number of carbonyl (C=O) groups excluding carboxylic acids is 2. The molecular weight excluding hydrogens is 311 g/mol. The third-order valence-corrected chi connectivity index (χ3v) is 4.09. The van der Waals surface area contributed by atoms with E-state index in [4.69, 9.17) is 23.2 Å². The minimum atomic E-state index is -0.619. The summed E-state index contributed by atoms with van der Waals surface area (Å²) in [4.78, 5) is 28.2. The van der Waals surface area contributed by atoms with Crippen molar-refractivity contribution in [2.45, 2.75) is 12.3 Å². The van der Waals surface area contributed by atoms with Crippen LogP contribution in [0.25, 0.3) is 0 Å². The summed E-state index contributed by atoms with van der Waals surface area (Å²) < 4.78 is 0. The number of nitrogens with one attached hydrogen (secondary N) is 1. The summed E-state index contributed by atoms with van der Waals surface area (Å²) >= 11 is 12.2. The van der Waals surface area contributed by atoms with Gasteiger partial charge in [-0.1, -0.05) is 23.2 Å². The zero-order chi connectivity index (χ0) is 15.0. The summed E-state index contributed by atoms with van der Waals surface area (Å²) in [6.07, 6.45) is 3.13. The van der Waals surface area contributed by atoms with Crippen molar-refractivity contribution in [3.8, 4) is 0 Å². The fraction of sp³-hybridized carbons (Fsp3) is 0.133. The van der Waals surface area contributed by atoms with Crippen LogP contribution >= 0.6 is 23.2 Å². The number of halogens is 2. The minimum Gasteiger partial charge on any atom is -0.324 e. The molecule has 1 aliphatic rings. The Morgan fingerprint density at radius 3 is 2.52 bits per heavy atom. The van der Waals surface area contributed by atoms with Gasteiger partial charge in [0.2, 0.25) is 5.91 Å². The third-order valence-electron chi connectivity index (χ3n) is 3.45. The van der Waals surface area contributed by atoms with E-state index in [2.05, 4.69) is 10.3 Å². The van der Waals surface area contributed by atoms with Crippen molar-refractivity contribution in [3.05, 3.63) is 57.8 Å². The highest BCUT2D eigenvalue weighted by Gasteiger charge is 2.35. The molecule has 6 heteroatoms. The molecule has 1 amide bonds. The second-order valence-electron chi connectivity index (χ2n) is 4.72. The van der Waals surface area contributed by atoms with Crippen molar-refractivity contribution in [3.63, 3.8) is 0 Å². The van der Waals surface area contributed by atoms with Crippen molar-refractivity contribution in [1.82, 2.24) is 4.98 Å². The maximum absolute atomic E-state index is 12.3. The highest BCUT2D eigenvalue weighted by atomic mass is 35.5. The van der Waals surface area contributed by atoms with Gasteiger partial charge in [0.1, 0.15) is 0 Å². The van der Waals surface area contributed by atoms with Gasteiger partial charge in [-0.25, -0.2) is 0 Å². The summed E-state index contributed by atoms with van der Waals surface area (Å²) in [6.45, 7) is 0. The molecule has 1 N–H and O–H groups in total. The van der Waals surface area contributed by atoms with Gasteiger partial charge in [-0.05, 0) is 24.3 Å². The summed E-state index contributed by atoms with van der Waals surface area (Å²) in [6, 6.07) is 6.49. The summed E-state index contributed by atoms with van der Waals surface area (Å²) in [5, 5.41) is 3.54. The van der Waals surface area contributed by atoms with Gasteiger partial charge in [-0.3, -0.25) is 14.6 Å². The van der Waals surface area contributed by atoms with Crippen LogP contribution in [0.5, 0.6) is 0 Å². The Labute approximate surface area is 131 Å². The van der Waals surface area contributed by atoms with E-state index < -0.39 is 5.92 Å². The number of fused-ring (bicyclic) bond motifs is 1. The molecule has 4 nitrogen and oxygen atoms in total. The van der Waals surface area contributed by atoms with E-state index in [9.17, 15) is 9.59 Å². The molecule has 0 saturated carbocycles. The molecule has 1 unspecified atom stereocenters. The van der Waals surface area contributed by atoms with Crippen molar-refractivity contribution in [1.29, 1.82) is 0 Å². The number of aromatic nitrogens is 1. The zero-order valence-electron chi connectivity index (χ0n) is 10.8. The summed E-state index contributed by atoms with van der Waals surface area (Å²) in [5.74, 6) is -1.02. The zero-order valence-corrected chi connectivity index (χ0v) is 12.3. The molecule has 0 aliphatic carbocycles. The first-order valence-corrected chi connectivity index (χ1v) is 7.05. The van der Waals surface area contributed by atoms with Gasteiger partial charge in [0.15, 0.2) is 5.78 Å². The standard InChI is InChI=1S/C15H10Cl2N2O2/c16-10-1-2-11(17)14-13(10)9(15(21)19-14)7-12(20)8-3-5-18-6-4-8/h1-6,9H,7H2,(H,19,21). The first kappa shape index (κ1) is 14.0. The first-order chi connectivity index (χ1) is 10.1. The number of hydrogen-bond donors (Lipinski definition) is 1.